The highest BCUT2D eigenvalue weighted by molar-refractivity contribution is 5.87. The second-order valence-corrected chi connectivity index (χ2v) is 6.61. The number of allylic oxidation sites excluding steroid dienone is 1. The minimum atomic E-state index is -0.00356. The summed E-state index contributed by atoms with van der Waals surface area (Å²) in [6.07, 6.45) is 3.83. The van der Waals surface area contributed by atoms with Gasteiger partial charge in [0.25, 0.3) is 0 Å². The molecule has 126 valence electrons. The molecule has 0 bridgehead atoms. The van der Waals surface area contributed by atoms with Crippen LogP contribution in [-0.4, -0.2) is 14.8 Å². The summed E-state index contributed by atoms with van der Waals surface area (Å²) in [6.45, 7) is 2.10. The van der Waals surface area contributed by atoms with E-state index in [1.165, 1.54) is 21.9 Å². The largest absolute Gasteiger partial charge is 0.324 e. The number of nitrogens with one attached hydrogen (secondary N) is 1. The van der Waals surface area contributed by atoms with Crippen LogP contribution in [0, 0.1) is 6.92 Å². The van der Waals surface area contributed by atoms with E-state index >= 15 is 0 Å². The monoisotopic (exact) mass is 338 g/mol. The van der Waals surface area contributed by atoms with Crippen LogP contribution in [0.15, 0.2) is 79.1 Å². The van der Waals surface area contributed by atoms with Crippen molar-refractivity contribution in [2.75, 3.05) is 5.32 Å². The van der Waals surface area contributed by atoms with E-state index in [1.807, 2.05) is 4.68 Å². The summed E-state index contributed by atoms with van der Waals surface area (Å²) in [5.41, 5.74) is 4.68. The normalized spacial score (nSPS) is 16.0. The summed E-state index contributed by atoms with van der Waals surface area (Å²) in [4.78, 5) is 4.41. The first-order chi connectivity index (χ1) is 12.8. The van der Waals surface area contributed by atoms with Gasteiger partial charge in [0.15, 0.2) is 0 Å². The molecule has 5 rings (SSSR count). The van der Waals surface area contributed by atoms with Crippen LogP contribution < -0.4 is 5.32 Å². The fraction of sp³-hybridized carbons (Fsp3) is 0.0909. The number of aromatic nitrogens is 3. The number of nitrogens with zero attached hydrogens (tertiary/aromatic N) is 3. The van der Waals surface area contributed by atoms with Crippen LogP contribution in [0.5, 0.6) is 0 Å². The second-order valence-electron chi connectivity index (χ2n) is 6.61. The average molecular weight is 338 g/mol. The Hall–Kier alpha value is -3.40. The predicted molar refractivity (Wildman–Crippen MR) is 105 cm³/mol. The van der Waals surface area contributed by atoms with Crippen molar-refractivity contribution in [2.45, 2.75) is 13.0 Å². The molecule has 0 radical (unpaired) electrons. The molecule has 2 heterocycles. The summed E-state index contributed by atoms with van der Waals surface area (Å²) >= 11 is 0. The summed E-state index contributed by atoms with van der Waals surface area (Å²) in [5.74, 6) is 0.765. The minimum absolute atomic E-state index is 0.00356. The van der Waals surface area contributed by atoms with Crippen molar-refractivity contribution in [3.8, 4) is 0 Å². The Bertz CT molecular complexity index is 1120. The molecule has 0 fully saturated rings. The number of aryl methyl sites for hydroxylation is 1. The molecule has 1 N–H and O–H groups in total. The van der Waals surface area contributed by atoms with Gasteiger partial charge in [-0.3, -0.25) is 0 Å². The fourth-order valence-electron chi connectivity index (χ4n) is 3.57. The zero-order chi connectivity index (χ0) is 17.5. The van der Waals surface area contributed by atoms with Crippen molar-refractivity contribution in [2.24, 2.45) is 0 Å². The Morgan fingerprint density at radius 2 is 1.73 bits per heavy atom. The highest BCUT2D eigenvalue weighted by Gasteiger charge is 2.24. The highest BCUT2D eigenvalue weighted by atomic mass is 15.4. The second kappa shape index (κ2) is 5.85. The third-order valence-corrected chi connectivity index (χ3v) is 4.91. The van der Waals surface area contributed by atoms with Gasteiger partial charge in [0.1, 0.15) is 12.4 Å². The molecule has 0 aliphatic carbocycles. The SMILES string of the molecule is Cc1ccc(C2=C[C@@H](c3cccc4ccccc34)n3ncnc3N2)cc1. The molecule has 26 heavy (non-hydrogen) atoms. The first kappa shape index (κ1) is 14.9. The van der Waals surface area contributed by atoms with Gasteiger partial charge in [-0.1, -0.05) is 72.3 Å². The van der Waals surface area contributed by atoms with Crippen molar-refractivity contribution < 1.29 is 0 Å². The van der Waals surface area contributed by atoms with Crippen molar-refractivity contribution in [1.29, 1.82) is 0 Å². The van der Waals surface area contributed by atoms with E-state index in [4.69, 9.17) is 0 Å². The number of anilines is 1. The molecule has 4 aromatic rings. The quantitative estimate of drug-likeness (QED) is 0.571. The lowest BCUT2D eigenvalue weighted by atomic mass is 9.96. The molecule has 4 nitrogen and oxygen atoms in total. The van der Waals surface area contributed by atoms with Crippen molar-refractivity contribution in [1.82, 2.24) is 14.8 Å². The first-order valence-electron chi connectivity index (χ1n) is 8.73. The van der Waals surface area contributed by atoms with E-state index in [0.717, 1.165) is 17.2 Å². The zero-order valence-corrected chi connectivity index (χ0v) is 14.4. The number of hydrogen-bond donors (Lipinski definition) is 1. The van der Waals surface area contributed by atoms with Gasteiger partial charge in [0, 0.05) is 5.70 Å². The van der Waals surface area contributed by atoms with Crippen LogP contribution in [-0.2, 0) is 0 Å². The Kier molecular flexibility index (Phi) is 3.35. The summed E-state index contributed by atoms with van der Waals surface area (Å²) in [6, 6.07) is 23.4. The Morgan fingerprint density at radius 3 is 2.62 bits per heavy atom. The van der Waals surface area contributed by atoms with Gasteiger partial charge in [-0.25, -0.2) is 4.68 Å². The Balaban J connectivity index is 1.70. The van der Waals surface area contributed by atoms with Crippen molar-refractivity contribution in [3.05, 3.63) is 95.8 Å². The van der Waals surface area contributed by atoms with Gasteiger partial charge >= 0.3 is 0 Å². The highest BCUT2D eigenvalue weighted by Crippen LogP contribution is 2.35. The summed E-state index contributed by atoms with van der Waals surface area (Å²) in [5, 5.41) is 10.3. The summed E-state index contributed by atoms with van der Waals surface area (Å²) in [7, 11) is 0. The topological polar surface area (TPSA) is 42.7 Å². The van der Waals surface area contributed by atoms with Crippen LogP contribution in [0.25, 0.3) is 16.5 Å². The Morgan fingerprint density at radius 1 is 0.923 bits per heavy atom. The number of fused-ring (bicyclic) bond motifs is 2. The first-order valence-corrected chi connectivity index (χ1v) is 8.73. The van der Waals surface area contributed by atoms with Crippen molar-refractivity contribution in [3.63, 3.8) is 0 Å². The average Bonchev–Trinajstić information content (AvgIpc) is 3.16. The molecule has 0 spiro atoms. The van der Waals surface area contributed by atoms with Crippen LogP contribution >= 0.6 is 0 Å². The van der Waals surface area contributed by atoms with E-state index in [0.29, 0.717) is 0 Å². The molecule has 4 heteroatoms. The molecule has 1 aliphatic rings. The van der Waals surface area contributed by atoms with E-state index in [1.54, 1.807) is 6.33 Å². The lowest BCUT2D eigenvalue weighted by Crippen LogP contribution is -2.20. The van der Waals surface area contributed by atoms with E-state index in [9.17, 15) is 0 Å². The van der Waals surface area contributed by atoms with Crippen LogP contribution in [0.2, 0.25) is 0 Å². The molecule has 3 aromatic carbocycles. The van der Waals surface area contributed by atoms with Gasteiger partial charge in [0.2, 0.25) is 5.95 Å². The van der Waals surface area contributed by atoms with Gasteiger partial charge in [-0.05, 0) is 34.9 Å². The third kappa shape index (κ3) is 2.39. The molecule has 0 saturated carbocycles. The zero-order valence-electron chi connectivity index (χ0n) is 14.4. The molecule has 0 unspecified atom stereocenters. The standard InChI is InChI=1S/C22H18N4/c1-15-9-11-17(12-10-15)20-13-21(26-22(25-20)23-14-24-26)19-8-4-6-16-5-2-3-7-18(16)19/h2-14,21H,1H3,(H,23,24,25)/t21-/m0/s1. The third-order valence-electron chi connectivity index (χ3n) is 4.91. The molecule has 1 atom stereocenters. The van der Waals surface area contributed by atoms with Gasteiger partial charge < -0.3 is 5.32 Å². The molecular weight excluding hydrogens is 320 g/mol. The lowest BCUT2D eigenvalue weighted by Gasteiger charge is -2.25. The van der Waals surface area contributed by atoms with Crippen LogP contribution in [0.1, 0.15) is 22.7 Å². The fourth-order valence-corrected chi connectivity index (χ4v) is 3.57. The van der Waals surface area contributed by atoms with Crippen LogP contribution in [0.4, 0.5) is 5.95 Å². The number of benzene rings is 3. The maximum absolute atomic E-state index is 4.46. The lowest BCUT2D eigenvalue weighted by molar-refractivity contribution is 0.615. The van der Waals surface area contributed by atoms with E-state index in [2.05, 4.69) is 95.1 Å². The molecular formula is C22H18N4. The molecule has 0 saturated heterocycles. The Labute approximate surface area is 151 Å². The van der Waals surface area contributed by atoms with E-state index < -0.39 is 0 Å². The van der Waals surface area contributed by atoms with Gasteiger partial charge in [-0.15, -0.1) is 0 Å². The maximum atomic E-state index is 4.46. The maximum Gasteiger partial charge on any atom is 0.226 e. The van der Waals surface area contributed by atoms with Crippen molar-refractivity contribution >= 4 is 22.4 Å². The predicted octanol–water partition coefficient (Wildman–Crippen LogP) is 4.80. The minimum Gasteiger partial charge on any atom is -0.324 e. The van der Waals surface area contributed by atoms with Crippen LogP contribution in [0.3, 0.4) is 0 Å². The molecule has 1 aliphatic heterocycles. The number of hydrogen-bond acceptors (Lipinski definition) is 3. The van der Waals surface area contributed by atoms with Gasteiger partial charge in [0.05, 0.1) is 0 Å². The molecule has 0 amide bonds. The smallest absolute Gasteiger partial charge is 0.226 e. The van der Waals surface area contributed by atoms with E-state index in [-0.39, 0.29) is 6.04 Å². The molecule has 1 aromatic heterocycles. The van der Waals surface area contributed by atoms with Gasteiger partial charge in [-0.2, -0.15) is 10.1 Å². The summed E-state index contributed by atoms with van der Waals surface area (Å²) < 4.78 is 1.94. The number of rotatable bonds is 2.